The van der Waals surface area contributed by atoms with E-state index in [1.165, 1.54) is 12.0 Å². The van der Waals surface area contributed by atoms with Crippen molar-refractivity contribution in [2.24, 2.45) is 11.3 Å². The molecule has 1 fully saturated rings. The molecule has 0 saturated heterocycles. The molecule has 102 valence electrons. The number of hydrogen-bond acceptors (Lipinski definition) is 2. The lowest BCUT2D eigenvalue weighted by Gasteiger charge is -2.15. The van der Waals surface area contributed by atoms with E-state index in [-0.39, 0.29) is 5.69 Å². The first-order chi connectivity index (χ1) is 8.95. The van der Waals surface area contributed by atoms with Gasteiger partial charge in [0.1, 0.15) is 0 Å². The molecule has 4 nitrogen and oxygen atoms in total. The molecule has 0 spiro atoms. The summed E-state index contributed by atoms with van der Waals surface area (Å²) >= 11 is 0. The van der Waals surface area contributed by atoms with Crippen LogP contribution in [-0.2, 0) is 0 Å². The Morgan fingerprint density at radius 1 is 1.37 bits per heavy atom. The normalized spacial score (nSPS) is 22.6. The lowest BCUT2D eigenvalue weighted by molar-refractivity contribution is 0.485. The Morgan fingerprint density at radius 2 is 2.05 bits per heavy atom. The van der Waals surface area contributed by atoms with E-state index in [1.54, 1.807) is 0 Å². The molecule has 0 amide bonds. The van der Waals surface area contributed by atoms with Gasteiger partial charge in [-0.25, -0.2) is 4.79 Å². The summed E-state index contributed by atoms with van der Waals surface area (Å²) in [5, 5.41) is 3.59. The van der Waals surface area contributed by atoms with E-state index >= 15 is 0 Å². The number of H-pyrrole nitrogens is 2. The average Bonchev–Trinajstić information content (AvgIpc) is 2.79. The van der Waals surface area contributed by atoms with Crippen LogP contribution in [0, 0.1) is 11.3 Å². The Kier molecular flexibility index (Phi) is 2.78. The van der Waals surface area contributed by atoms with Crippen LogP contribution in [0.2, 0.25) is 0 Å². The van der Waals surface area contributed by atoms with Crippen LogP contribution < -0.4 is 11.0 Å². The van der Waals surface area contributed by atoms with E-state index in [1.807, 2.05) is 12.1 Å². The molecule has 3 rings (SSSR count). The largest absolute Gasteiger partial charge is 0.323 e. The number of rotatable bonds is 4. The summed E-state index contributed by atoms with van der Waals surface area (Å²) in [5.41, 5.74) is 3.32. The first-order valence-corrected chi connectivity index (χ1v) is 6.91. The van der Waals surface area contributed by atoms with Crippen molar-refractivity contribution in [1.29, 1.82) is 0 Å². The van der Waals surface area contributed by atoms with Crippen LogP contribution in [0.1, 0.15) is 38.8 Å². The molecule has 1 saturated carbocycles. The Morgan fingerprint density at radius 3 is 2.74 bits per heavy atom. The van der Waals surface area contributed by atoms with Gasteiger partial charge in [-0.3, -0.25) is 0 Å². The van der Waals surface area contributed by atoms with Crippen LogP contribution in [0.4, 0.5) is 0 Å². The Hall–Kier alpha value is -1.55. The smallest absolute Gasteiger partial charge is 0.310 e. The average molecular weight is 259 g/mol. The summed E-state index contributed by atoms with van der Waals surface area (Å²) < 4.78 is 0. The molecule has 0 radical (unpaired) electrons. The van der Waals surface area contributed by atoms with Gasteiger partial charge in [-0.1, -0.05) is 19.9 Å². The second kappa shape index (κ2) is 4.23. The van der Waals surface area contributed by atoms with Gasteiger partial charge >= 0.3 is 5.69 Å². The molecule has 19 heavy (non-hydrogen) atoms. The summed E-state index contributed by atoms with van der Waals surface area (Å²) in [7, 11) is 0. The Labute approximate surface area is 112 Å². The van der Waals surface area contributed by atoms with E-state index in [4.69, 9.17) is 0 Å². The van der Waals surface area contributed by atoms with Crippen LogP contribution in [-0.4, -0.2) is 16.5 Å². The molecule has 1 aromatic heterocycles. The predicted octanol–water partition coefficient (Wildman–Crippen LogP) is 2.55. The summed E-state index contributed by atoms with van der Waals surface area (Å²) in [5.74, 6) is 0.797. The molecule has 2 atom stereocenters. The number of imidazole rings is 1. The molecule has 1 aromatic carbocycles. The van der Waals surface area contributed by atoms with Gasteiger partial charge in [0.15, 0.2) is 0 Å². The maximum absolute atomic E-state index is 11.2. The minimum Gasteiger partial charge on any atom is -0.310 e. The molecule has 1 aliphatic rings. The zero-order valence-electron chi connectivity index (χ0n) is 11.7. The van der Waals surface area contributed by atoms with Crippen molar-refractivity contribution in [3.8, 4) is 0 Å². The minimum absolute atomic E-state index is 0.146. The SMILES string of the molecule is CC(NCC1CC1(C)C)c1ccc2[nH]c(=O)[nH]c2c1. The van der Waals surface area contributed by atoms with E-state index in [0.29, 0.717) is 11.5 Å². The van der Waals surface area contributed by atoms with Gasteiger partial charge < -0.3 is 15.3 Å². The minimum atomic E-state index is -0.146. The van der Waals surface area contributed by atoms with Gasteiger partial charge in [0.05, 0.1) is 11.0 Å². The summed E-state index contributed by atoms with van der Waals surface area (Å²) in [6, 6.07) is 6.38. The molecule has 0 bridgehead atoms. The maximum atomic E-state index is 11.2. The fourth-order valence-corrected chi connectivity index (χ4v) is 2.68. The molecule has 4 heteroatoms. The molecule has 0 aliphatic heterocycles. The third kappa shape index (κ3) is 2.45. The van der Waals surface area contributed by atoms with Crippen molar-refractivity contribution in [3.05, 3.63) is 34.2 Å². The van der Waals surface area contributed by atoms with Gasteiger partial charge in [0.25, 0.3) is 0 Å². The van der Waals surface area contributed by atoms with Gasteiger partial charge in [0.2, 0.25) is 0 Å². The highest BCUT2D eigenvalue weighted by molar-refractivity contribution is 5.75. The highest BCUT2D eigenvalue weighted by Gasteiger charge is 2.44. The number of benzene rings is 1. The third-order valence-electron chi connectivity index (χ3n) is 4.43. The van der Waals surface area contributed by atoms with Crippen molar-refractivity contribution in [1.82, 2.24) is 15.3 Å². The van der Waals surface area contributed by atoms with E-state index < -0.39 is 0 Å². The van der Waals surface area contributed by atoms with E-state index in [9.17, 15) is 4.79 Å². The molecular weight excluding hydrogens is 238 g/mol. The standard InChI is InChI=1S/C15H21N3O/c1-9(16-8-11-7-15(11,2)3)10-4-5-12-13(6-10)18-14(19)17-12/h4-6,9,11,16H,7-8H2,1-3H3,(H2,17,18,19). The molecule has 1 heterocycles. The fourth-order valence-electron chi connectivity index (χ4n) is 2.68. The second-order valence-corrected chi connectivity index (χ2v) is 6.40. The zero-order chi connectivity index (χ0) is 13.6. The Bertz CT molecular complexity index is 653. The van der Waals surface area contributed by atoms with Crippen molar-refractivity contribution in [2.45, 2.75) is 33.2 Å². The summed E-state index contributed by atoms with van der Waals surface area (Å²) in [6.07, 6.45) is 1.32. The van der Waals surface area contributed by atoms with E-state index in [0.717, 1.165) is 23.5 Å². The number of aromatic amines is 2. The molecule has 2 unspecified atom stereocenters. The van der Waals surface area contributed by atoms with Crippen LogP contribution in [0.15, 0.2) is 23.0 Å². The summed E-state index contributed by atoms with van der Waals surface area (Å²) in [6.45, 7) is 7.87. The third-order valence-corrected chi connectivity index (χ3v) is 4.43. The quantitative estimate of drug-likeness (QED) is 0.790. The summed E-state index contributed by atoms with van der Waals surface area (Å²) in [4.78, 5) is 16.8. The number of hydrogen-bond donors (Lipinski definition) is 3. The monoisotopic (exact) mass is 259 g/mol. The highest BCUT2D eigenvalue weighted by atomic mass is 16.1. The zero-order valence-corrected chi connectivity index (χ0v) is 11.7. The lowest BCUT2D eigenvalue weighted by Crippen LogP contribution is -2.22. The van der Waals surface area contributed by atoms with Crippen LogP contribution in [0.5, 0.6) is 0 Å². The van der Waals surface area contributed by atoms with E-state index in [2.05, 4.69) is 42.1 Å². The van der Waals surface area contributed by atoms with Gasteiger partial charge in [-0.2, -0.15) is 0 Å². The van der Waals surface area contributed by atoms with Crippen LogP contribution in [0.3, 0.4) is 0 Å². The Balaban J connectivity index is 1.70. The number of nitrogens with one attached hydrogen (secondary N) is 3. The molecule has 3 N–H and O–H groups in total. The highest BCUT2D eigenvalue weighted by Crippen LogP contribution is 2.51. The van der Waals surface area contributed by atoms with Gasteiger partial charge in [0, 0.05) is 6.04 Å². The molecule has 2 aromatic rings. The van der Waals surface area contributed by atoms with Crippen LogP contribution in [0.25, 0.3) is 11.0 Å². The topological polar surface area (TPSA) is 60.7 Å². The first kappa shape index (κ1) is 12.5. The van der Waals surface area contributed by atoms with Gasteiger partial charge in [-0.15, -0.1) is 0 Å². The number of aromatic nitrogens is 2. The maximum Gasteiger partial charge on any atom is 0.323 e. The fraction of sp³-hybridized carbons (Fsp3) is 0.533. The molecular formula is C15H21N3O. The predicted molar refractivity (Wildman–Crippen MR) is 77.2 cm³/mol. The van der Waals surface area contributed by atoms with Crippen molar-refractivity contribution >= 4 is 11.0 Å². The van der Waals surface area contributed by atoms with Crippen molar-refractivity contribution < 1.29 is 0 Å². The second-order valence-electron chi connectivity index (χ2n) is 6.40. The lowest BCUT2D eigenvalue weighted by atomic mass is 10.1. The van der Waals surface area contributed by atoms with Gasteiger partial charge in [-0.05, 0) is 48.9 Å². The van der Waals surface area contributed by atoms with Crippen molar-refractivity contribution in [2.75, 3.05) is 6.54 Å². The number of fused-ring (bicyclic) bond motifs is 1. The van der Waals surface area contributed by atoms with Crippen LogP contribution >= 0.6 is 0 Å². The van der Waals surface area contributed by atoms with Crippen molar-refractivity contribution in [3.63, 3.8) is 0 Å². The molecule has 1 aliphatic carbocycles. The first-order valence-electron chi connectivity index (χ1n) is 6.91.